The maximum Gasteiger partial charge on any atom is 0.209 e. The molecule has 22 heavy (non-hydrogen) atoms. The highest BCUT2D eigenvalue weighted by Gasteiger charge is 2.38. The molecule has 2 aliphatic rings. The lowest BCUT2D eigenvalue weighted by Crippen LogP contribution is -2.37. The molecule has 3 nitrogen and oxygen atoms in total. The van der Waals surface area contributed by atoms with Crippen LogP contribution >= 0.6 is 0 Å². The predicted molar refractivity (Wildman–Crippen MR) is 90.4 cm³/mol. The van der Waals surface area contributed by atoms with E-state index in [9.17, 15) is 4.79 Å². The molecule has 3 rings (SSSR count). The highest BCUT2D eigenvalue weighted by atomic mass is 16.1. The summed E-state index contributed by atoms with van der Waals surface area (Å²) in [5, 5.41) is 3.73. The van der Waals surface area contributed by atoms with Crippen molar-refractivity contribution in [3.8, 4) is 0 Å². The van der Waals surface area contributed by atoms with Crippen molar-refractivity contribution in [1.82, 2.24) is 10.2 Å². The van der Waals surface area contributed by atoms with Crippen LogP contribution in [-0.4, -0.2) is 37.0 Å². The van der Waals surface area contributed by atoms with Crippen LogP contribution < -0.4 is 5.32 Å². The van der Waals surface area contributed by atoms with Crippen LogP contribution in [0.15, 0.2) is 35.9 Å². The topological polar surface area (TPSA) is 32.3 Å². The molecule has 1 aliphatic heterocycles. The van der Waals surface area contributed by atoms with Crippen molar-refractivity contribution >= 4 is 12.5 Å². The number of hydrogen-bond acceptors (Lipinski definition) is 2. The quantitative estimate of drug-likeness (QED) is 0.819. The molecule has 1 amide bonds. The Morgan fingerprint density at radius 3 is 2.68 bits per heavy atom. The second kappa shape index (κ2) is 7.10. The summed E-state index contributed by atoms with van der Waals surface area (Å²) >= 11 is 0. The Bertz CT molecular complexity index is 517. The van der Waals surface area contributed by atoms with Crippen molar-refractivity contribution in [2.45, 2.75) is 32.2 Å². The number of rotatable bonds is 6. The Kier molecular flexibility index (Phi) is 4.94. The van der Waals surface area contributed by atoms with Gasteiger partial charge in [-0.25, -0.2) is 0 Å². The number of amides is 1. The first-order valence-electron chi connectivity index (χ1n) is 8.42. The molecule has 2 unspecified atom stereocenters. The summed E-state index contributed by atoms with van der Waals surface area (Å²) in [4.78, 5) is 12.6. The lowest BCUT2D eigenvalue weighted by molar-refractivity contribution is -0.119. The molecular formula is C19H26N2O. The molecule has 1 saturated carbocycles. The van der Waals surface area contributed by atoms with Crippen molar-refractivity contribution in [3.05, 3.63) is 41.5 Å². The summed E-state index contributed by atoms with van der Waals surface area (Å²) in [5.41, 5.74) is 2.78. The van der Waals surface area contributed by atoms with Crippen molar-refractivity contribution < 1.29 is 4.79 Å². The first-order chi connectivity index (χ1) is 10.8. The second-order valence-corrected chi connectivity index (χ2v) is 6.74. The third-order valence-electron chi connectivity index (χ3n) is 5.04. The fraction of sp³-hybridized carbons (Fsp3) is 0.526. The number of piperidine rings is 1. The van der Waals surface area contributed by atoms with Gasteiger partial charge in [0.1, 0.15) is 0 Å². The molecule has 2 fully saturated rings. The largest absolute Gasteiger partial charge is 0.345 e. The van der Waals surface area contributed by atoms with Gasteiger partial charge in [-0.15, -0.1) is 0 Å². The van der Waals surface area contributed by atoms with E-state index >= 15 is 0 Å². The van der Waals surface area contributed by atoms with Crippen LogP contribution in [0.4, 0.5) is 0 Å². The van der Waals surface area contributed by atoms with Crippen molar-refractivity contribution in [2.24, 2.45) is 11.8 Å². The van der Waals surface area contributed by atoms with E-state index < -0.39 is 0 Å². The summed E-state index contributed by atoms with van der Waals surface area (Å²) in [5.74, 6) is 1.44. The molecule has 1 aromatic rings. The van der Waals surface area contributed by atoms with E-state index in [1.165, 1.54) is 17.6 Å². The third-order valence-corrected chi connectivity index (χ3v) is 5.04. The number of nitrogens with one attached hydrogen (secondary N) is 1. The van der Waals surface area contributed by atoms with Crippen molar-refractivity contribution in [3.63, 3.8) is 0 Å². The van der Waals surface area contributed by atoms with Gasteiger partial charge in [0, 0.05) is 19.1 Å². The van der Waals surface area contributed by atoms with Gasteiger partial charge in [-0.3, -0.25) is 4.79 Å². The molecule has 3 heteroatoms. The second-order valence-electron chi connectivity index (χ2n) is 6.74. The highest BCUT2D eigenvalue weighted by Crippen LogP contribution is 2.38. The van der Waals surface area contributed by atoms with Crippen LogP contribution in [0.5, 0.6) is 0 Å². The molecule has 0 radical (unpaired) electrons. The Morgan fingerprint density at radius 2 is 2.00 bits per heavy atom. The minimum absolute atomic E-state index is 0.657. The van der Waals surface area contributed by atoms with E-state index in [0.717, 1.165) is 44.8 Å². The van der Waals surface area contributed by atoms with Gasteiger partial charge in [0.2, 0.25) is 6.41 Å². The smallest absolute Gasteiger partial charge is 0.209 e. The Labute approximate surface area is 133 Å². The highest BCUT2D eigenvalue weighted by molar-refractivity contribution is 5.53. The number of likely N-dealkylation sites (tertiary alicyclic amines) is 1. The predicted octanol–water partition coefficient (Wildman–Crippen LogP) is 2.94. The summed E-state index contributed by atoms with van der Waals surface area (Å²) in [6, 6.07) is 11.2. The van der Waals surface area contributed by atoms with Crippen LogP contribution in [0, 0.1) is 11.8 Å². The molecule has 118 valence electrons. The average molecular weight is 298 g/mol. The molecule has 0 spiro atoms. The maximum absolute atomic E-state index is 10.7. The molecule has 1 heterocycles. The van der Waals surface area contributed by atoms with Gasteiger partial charge in [0.05, 0.1) is 0 Å². The normalized spacial score (nSPS) is 26.0. The number of carbonyl (C=O) groups excluding carboxylic acids is 1. The first kappa shape index (κ1) is 15.3. The van der Waals surface area contributed by atoms with Crippen molar-refractivity contribution in [2.75, 3.05) is 19.6 Å². The van der Waals surface area contributed by atoms with Gasteiger partial charge >= 0.3 is 0 Å². The number of benzene rings is 1. The zero-order valence-corrected chi connectivity index (χ0v) is 13.4. The summed E-state index contributed by atoms with van der Waals surface area (Å²) < 4.78 is 0. The standard InChI is InChI=1S/C19H26N2O/c1-15(11-16-5-3-2-4-6-16)18-12-19(18)20-13-17-7-9-21(14-22)10-8-17/h2-6,11,14,17-20H,7-10,12-13H2,1H3/b15-11+. The Hall–Kier alpha value is -1.61. The van der Waals surface area contributed by atoms with Crippen LogP contribution in [-0.2, 0) is 4.79 Å². The van der Waals surface area contributed by atoms with Crippen molar-refractivity contribution in [1.29, 1.82) is 0 Å². The van der Waals surface area contributed by atoms with E-state index in [0.29, 0.717) is 12.0 Å². The average Bonchev–Trinajstić information content (AvgIpc) is 3.34. The van der Waals surface area contributed by atoms with Gasteiger partial charge in [-0.1, -0.05) is 42.0 Å². The molecule has 0 bridgehead atoms. The van der Waals surface area contributed by atoms with Crippen LogP contribution in [0.25, 0.3) is 6.08 Å². The molecule has 1 aliphatic carbocycles. The lowest BCUT2D eigenvalue weighted by Gasteiger charge is -2.29. The van der Waals surface area contributed by atoms with Gasteiger partial charge in [-0.05, 0) is 50.1 Å². The van der Waals surface area contributed by atoms with Crippen LogP contribution in [0.1, 0.15) is 31.7 Å². The molecular weight excluding hydrogens is 272 g/mol. The van der Waals surface area contributed by atoms with E-state index in [4.69, 9.17) is 0 Å². The summed E-state index contributed by atoms with van der Waals surface area (Å²) in [6.07, 6.45) is 6.85. The minimum atomic E-state index is 0.657. The van der Waals surface area contributed by atoms with E-state index in [1.807, 2.05) is 4.90 Å². The zero-order valence-electron chi connectivity index (χ0n) is 13.4. The molecule has 1 aromatic carbocycles. The first-order valence-corrected chi connectivity index (χ1v) is 8.42. The molecule has 1 N–H and O–H groups in total. The SMILES string of the molecule is C/C(=C\c1ccccc1)C1CC1NCC1CCN(C=O)CC1. The zero-order chi connectivity index (χ0) is 15.4. The summed E-state index contributed by atoms with van der Waals surface area (Å²) in [6.45, 7) is 5.21. The molecule has 2 atom stereocenters. The van der Waals surface area contributed by atoms with Gasteiger partial charge < -0.3 is 10.2 Å². The van der Waals surface area contributed by atoms with E-state index in [2.05, 4.69) is 48.6 Å². The fourth-order valence-electron chi connectivity index (χ4n) is 3.42. The van der Waals surface area contributed by atoms with Crippen LogP contribution in [0.3, 0.4) is 0 Å². The van der Waals surface area contributed by atoms with Gasteiger partial charge in [-0.2, -0.15) is 0 Å². The van der Waals surface area contributed by atoms with Gasteiger partial charge in [0.15, 0.2) is 0 Å². The fourth-order valence-corrected chi connectivity index (χ4v) is 3.42. The number of hydrogen-bond donors (Lipinski definition) is 1. The summed E-state index contributed by atoms with van der Waals surface area (Å²) in [7, 11) is 0. The van der Waals surface area contributed by atoms with E-state index in [1.54, 1.807) is 0 Å². The maximum atomic E-state index is 10.7. The lowest BCUT2D eigenvalue weighted by atomic mass is 9.97. The number of nitrogens with zero attached hydrogens (tertiary/aromatic N) is 1. The third kappa shape index (κ3) is 3.98. The monoisotopic (exact) mass is 298 g/mol. The molecule has 1 saturated heterocycles. The molecule has 0 aromatic heterocycles. The van der Waals surface area contributed by atoms with Gasteiger partial charge in [0.25, 0.3) is 0 Å². The Morgan fingerprint density at radius 1 is 1.27 bits per heavy atom. The Balaban J connectivity index is 1.41. The van der Waals surface area contributed by atoms with E-state index in [-0.39, 0.29) is 0 Å². The number of carbonyl (C=O) groups is 1. The minimum Gasteiger partial charge on any atom is -0.345 e. The van der Waals surface area contributed by atoms with Crippen LogP contribution in [0.2, 0.25) is 0 Å².